The molecule has 2 rings (SSSR count). The van der Waals surface area contributed by atoms with Crippen LogP contribution in [-0.4, -0.2) is 68.5 Å². The maximum atomic E-state index is 12.4. The Morgan fingerprint density at radius 2 is 1.93 bits per heavy atom. The number of amides is 2. The van der Waals surface area contributed by atoms with E-state index >= 15 is 0 Å². The van der Waals surface area contributed by atoms with E-state index in [9.17, 15) is 18.8 Å². The molecule has 1 aromatic rings. The highest BCUT2D eigenvalue weighted by atomic mass is 32.2. The highest BCUT2D eigenvalue weighted by Gasteiger charge is 2.38. The van der Waals surface area contributed by atoms with Crippen molar-refractivity contribution in [3.05, 3.63) is 47.5 Å². The number of ether oxygens (including phenoxy) is 2. The molecule has 1 aliphatic heterocycles. The lowest BCUT2D eigenvalue weighted by molar-refractivity contribution is -0.149. The van der Waals surface area contributed by atoms with E-state index in [1.54, 1.807) is 50.4 Å². The summed E-state index contributed by atoms with van der Waals surface area (Å²) >= 11 is 1.01. The van der Waals surface area contributed by atoms with Crippen molar-refractivity contribution in [2.75, 3.05) is 20.8 Å². The van der Waals surface area contributed by atoms with Crippen molar-refractivity contribution in [2.45, 2.75) is 58.6 Å². The fourth-order valence-electron chi connectivity index (χ4n) is 3.62. The van der Waals surface area contributed by atoms with Gasteiger partial charge in [0, 0.05) is 30.3 Å². The number of hydrogen-bond donors (Lipinski definition) is 4. The van der Waals surface area contributed by atoms with Crippen LogP contribution >= 0.6 is 20.5 Å². The number of hydrogen-bond acceptors (Lipinski definition) is 11. The zero-order valence-corrected chi connectivity index (χ0v) is 25.8. The summed E-state index contributed by atoms with van der Waals surface area (Å²) in [5.41, 5.74) is 7.28. The van der Waals surface area contributed by atoms with Crippen LogP contribution in [0.2, 0.25) is 0 Å². The molecule has 2 amide bonds. The van der Waals surface area contributed by atoms with Gasteiger partial charge in [0.25, 0.3) is 0 Å². The number of carbonyl (C=O) groups excluding carboxylic acids is 3. The minimum absolute atomic E-state index is 0.0370. The lowest BCUT2D eigenvalue weighted by Gasteiger charge is -2.28. The number of nitrogens with one attached hydrogen (secondary N) is 2. The number of nitrogens with zero attached hydrogens (tertiary/aromatic N) is 1. The van der Waals surface area contributed by atoms with Gasteiger partial charge in [-0.05, 0) is 63.1 Å². The Labute approximate surface area is 246 Å². The Bertz CT molecular complexity index is 1020. The standard InChI is InChI=1S/C25H38N5O7PS.CH3F/c1-16(2)35-24(32)18(4)29-38(37-20-9-7-19(8-10-20)22(26)15-39-27)34-14-21-13-17(3)23(36-21)30(11-6-12-31)25(33)28-5;1-2/h6-12,15-18,21,23,29H,13-14,26-27H2,1-5H3,(H,28,33);1H3/b11-6-,22-15-;/t17?,18-,21?,23?,38?;/m0./s1. The van der Waals surface area contributed by atoms with Crippen molar-refractivity contribution in [1.29, 1.82) is 0 Å². The number of halogens is 1. The van der Waals surface area contributed by atoms with E-state index in [-0.39, 0.29) is 24.7 Å². The first-order chi connectivity index (χ1) is 19.6. The summed E-state index contributed by atoms with van der Waals surface area (Å²) in [4.78, 5) is 36.9. The van der Waals surface area contributed by atoms with Gasteiger partial charge >= 0.3 is 20.5 Å². The zero-order valence-electron chi connectivity index (χ0n) is 24.1. The van der Waals surface area contributed by atoms with Crippen molar-refractivity contribution >= 4 is 44.5 Å². The third kappa shape index (κ3) is 12.3. The molecule has 0 aromatic heterocycles. The SMILES string of the molecule is CF.CNC(=O)N(/C=C\C=O)C1OC(COP(N[C@@H](C)C(=O)OC(C)C)Oc2ccc(/C(N)=C/SN)cc2)CC1C. The number of esters is 1. The molecule has 1 fully saturated rings. The lowest BCUT2D eigenvalue weighted by Crippen LogP contribution is -2.44. The smallest absolute Gasteiger partial charge is 0.323 e. The van der Waals surface area contributed by atoms with Gasteiger partial charge < -0.3 is 29.6 Å². The lowest BCUT2D eigenvalue weighted by atomic mass is 10.1. The summed E-state index contributed by atoms with van der Waals surface area (Å²) in [6.07, 6.45) is 2.58. The number of rotatable bonds is 14. The average Bonchev–Trinajstić information content (AvgIpc) is 3.32. The van der Waals surface area contributed by atoms with Crippen LogP contribution in [0.1, 0.15) is 39.7 Å². The molecule has 230 valence electrons. The first-order valence-corrected chi connectivity index (χ1v) is 14.9. The number of carbonyl (C=O) groups is 3. The summed E-state index contributed by atoms with van der Waals surface area (Å²) in [6.45, 7) is 7.28. The van der Waals surface area contributed by atoms with Crippen LogP contribution in [0.4, 0.5) is 9.18 Å². The minimum atomic E-state index is -1.80. The number of alkyl halides is 1. The van der Waals surface area contributed by atoms with E-state index in [1.165, 1.54) is 24.2 Å². The van der Waals surface area contributed by atoms with E-state index in [0.29, 0.717) is 31.3 Å². The van der Waals surface area contributed by atoms with E-state index < -0.39 is 32.8 Å². The van der Waals surface area contributed by atoms with Gasteiger partial charge in [-0.1, -0.05) is 18.9 Å². The second kappa shape index (κ2) is 19.4. The summed E-state index contributed by atoms with van der Waals surface area (Å²) in [6, 6.07) is 5.94. The van der Waals surface area contributed by atoms with Crippen LogP contribution in [0.15, 0.2) is 41.9 Å². The molecule has 41 heavy (non-hydrogen) atoms. The molecule has 15 heteroatoms. The quantitative estimate of drug-likeness (QED) is 0.0788. The second-order valence-electron chi connectivity index (χ2n) is 9.02. The highest BCUT2D eigenvalue weighted by Crippen LogP contribution is 2.38. The maximum Gasteiger partial charge on any atom is 0.323 e. The van der Waals surface area contributed by atoms with E-state index in [0.717, 1.165) is 17.5 Å². The molecular formula is C26H41FN5O7PS. The molecule has 1 heterocycles. The van der Waals surface area contributed by atoms with Gasteiger partial charge in [0.2, 0.25) is 0 Å². The van der Waals surface area contributed by atoms with Crippen LogP contribution in [0.25, 0.3) is 5.70 Å². The van der Waals surface area contributed by atoms with Crippen molar-refractivity contribution < 1.29 is 37.3 Å². The van der Waals surface area contributed by atoms with E-state index in [1.807, 2.05) is 6.92 Å². The largest absolute Gasteiger partial charge is 0.462 e. The Hall–Kier alpha value is -2.74. The Morgan fingerprint density at radius 3 is 2.49 bits per heavy atom. The molecule has 5 atom stereocenters. The summed E-state index contributed by atoms with van der Waals surface area (Å²) in [5, 5.41) is 12.7. The highest BCUT2D eigenvalue weighted by molar-refractivity contribution is 8.00. The molecule has 1 saturated heterocycles. The van der Waals surface area contributed by atoms with Gasteiger partial charge in [-0.2, -0.15) is 0 Å². The summed E-state index contributed by atoms with van der Waals surface area (Å²) in [5.74, 6) is 0.0228. The number of aldehydes is 1. The number of benzene rings is 1. The van der Waals surface area contributed by atoms with Crippen molar-refractivity contribution in [1.82, 2.24) is 15.3 Å². The molecule has 12 nitrogen and oxygen atoms in total. The second-order valence-corrected chi connectivity index (χ2v) is 10.7. The number of nitrogens with two attached hydrogens (primary N) is 2. The third-order valence-electron chi connectivity index (χ3n) is 5.45. The van der Waals surface area contributed by atoms with E-state index in [4.69, 9.17) is 29.4 Å². The molecule has 1 aromatic carbocycles. The molecular weight excluding hydrogens is 576 g/mol. The van der Waals surface area contributed by atoms with E-state index in [2.05, 4.69) is 10.4 Å². The Balaban J connectivity index is 0.00000411. The summed E-state index contributed by atoms with van der Waals surface area (Å²) < 4.78 is 33.0. The molecule has 4 unspecified atom stereocenters. The predicted molar refractivity (Wildman–Crippen MR) is 159 cm³/mol. The molecule has 6 N–H and O–H groups in total. The number of allylic oxidation sites excluding steroid dienone is 1. The fraction of sp³-hybridized carbons (Fsp3) is 0.500. The van der Waals surface area contributed by atoms with Gasteiger partial charge in [-0.15, -0.1) is 0 Å². The normalized spacial score (nSPS) is 20.1. The molecule has 1 aliphatic rings. The Morgan fingerprint density at radius 1 is 1.27 bits per heavy atom. The van der Waals surface area contributed by atoms with Crippen LogP contribution < -0.4 is 25.8 Å². The average molecular weight is 618 g/mol. The first kappa shape index (κ1) is 36.3. The topological polar surface area (TPSA) is 167 Å². The van der Waals surface area contributed by atoms with Crippen LogP contribution in [0.3, 0.4) is 0 Å². The molecule has 0 spiro atoms. The monoisotopic (exact) mass is 617 g/mol. The van der Waals surface area contributed by atoms with Gasteiger partial charge in [0.1, 0.15) is 24.3 Å². The first-order valence-electron chi connectivity index (χ1n) is 12.7. The van der Waals surface area contributed by atoms with Gasteiger partial charge in [0.05, 0.1) is 26.0 Å². The van der Waals surface area contributed by atoms with Gasteiger partial charge in [-0.3, -0.25) is 24.0 Å². The third-order valence-corrected chi connectivity index (χ3v) is 7.20. The Kier molecular flexibility index (Phi) is 17.2. The molecule has 0 aliphatic carbocycles. The minimum Gasteiger partial charge on any atom is -0.462 e. The van der Waals surface area contributed by atoms with Crippen molar-refractivity contribution in [3.8, 4) is 5.75 Å². The van der Waals surface area contributed by atoms with Gasteiger partial charge in [0.15, 0.2) is 0 Å². The van der Waals surface area contributed by atoms with Crippen LogP contribution in [-0.2, 0) is 23.6 Å². The predicted octanol–water partition coefficient (Wildman–Crippen LogP) is 3.79. The van der Waals surface area contributed by atoms with Crippen LogP contribution in [0.5, 0.6) is 5.75 Å². The molecule has 0 bridgehead atoms. The van der Waals surface area contributed by atoms with Gasteiger partial charge in [-0.25, -0.2) is 9.88 Å². The molecule has 0 saturated carbocycles. The maximum absolute atomic E-state index is 12.4. The van der Waals surface area contributed by atoms with Crippen LogP contribution in [0, 0.1) is 5.92 Å². The fourth-order valence-corrected chi connectivity index (χ4v) is 5.12. The summed E-state index contributed by atoms with van der Waals surface area (Å²) in [7, 11) is 0.196. The van der Waals surface area contributed by atoms with Crippen molar-refractivity contribution in [2.24, 2.45) is 16.8 Å². The van der Waals surface area contributed by atoms with Crippen molar-refractivity contribution in [3.63, 3.8) is 0 Å². The number of urea groups is 1. The molecule has 0 radical (unpaired) electrons. The zero-order chi connectivity index (χ0) is 30.9.